The first kappa shape index (κ1) is 12.2. The fourth-order valence-electron chi connectivity index (χ4n) is 2.42. The Labute approximate surface area is 116 Å². The van der Waals surface area contributed by atoms with Gasteiger partial charge in [-0.05, 0) is 28.8 Å². The Morgan fingerprint density at radius 1 is 1.21 bits per heavy atom. The maximum Gasteiger partial charge on any atom is 0.228 e. The third-order valence-corrected chi connectivity index (χ3v) is 3.54. The number of carbonyl (C=O) groups excluding carboxylic acids is 1. The molecule has 0 bridgehead atoms. The molecule has 1 heterocycles. The van der Waals surface area contributed by atoms with Crippen molar-refractivity contribution in [3.05, 3.63) is 64.2 Å². The van der Waals surface area contributed by atoms with Gasteiger partial charge in [0.1, 0.15) is 0 Å². The minimum atomic E-state index is -0.299. The van der Waals surface area contributed by atoms with Crippen LogP contribution in [0.3, 0.4) is 0 Å². The van der Waals surface area contributed by atoms with Crippen molar-refractivity contribution in [1.82, 2.24) is 0 Å². The third kappa shape index (κ3) is 2.23. The molecule has 0 saturated heterocycles. The standard InChI is InChI=1S/C15H13ClN2O/c16-11-6-10-7-13(19)18-15(10)12(8-11)14(17)9-4-2-1-3-5-9/h1-6,8,14H,7,17H2,(H,18,19). The Bertz CT molecular complexity index is 640. The SMILES string of the molecule is NC(c1ccccc1)c1cc(Cl)cc2c1NC(=O)C2. The van der Waals surface area contributed by atoms with Gasteiger partial charge in [-0.25, -0.2) is 0 Å². The van der Waals surface area contributed by atoms with E-state index in [-0.39, 0.29) is 11.9 Å². The highest BCUT2D eigenvalue weighted by Gasteiger charge is 2.24. The fraction of sp³-hybridized carbons (Fsp3) is 0.133. The van der Waals surface area contributed by atoms with Gasteiger partial charge in [-0.2, -0.15) is 0 Å². The second kappa shape index (κ2) is 4.68. The summed E-state index contributed by atoms with van der Waals surface area (Å²) in [4.78, 5) is 11.5. The smallest absolute Gasteiger partial charge is 0.228 e. The van der Waals surface area contributed by atoms with E-state index in [2.05, 4.69) is 5.32 Å². The van der Waals surface area contributed by atoms with E-state index in [1.165, 1.54) is 0 Å². The number of hydrogen-bond donors (Lipinski definition) is 2. The topological polar surface area (TPSA) is 55.1 Å². The number of amides is 1. The molecule has 4 heteroatoms. The molecule has 0 aliphatic carbocycles. The summed E-state index contributed by atoms with van der Waals surface area (Å²) in [7, 11) is 0. The van der Waals surface area contributed by atoms with Crippen molar-refractivity contribution in [3.8, 4) is 0 Å². The Morgan fingerprint density at radius 2 is 1.95 bits per heavy atom. The minimum absolute atomic E-state index is 0.0150. The normalized spacial score (nSPS) is 14.9. The van der Waals surface area contributed by atoms with Crippen LogP contribution in [0.15, 0.2) is 42.5 Å². The summed E-state index contributed by atoms with van der Waals surface area (Å²) in [5, 5.41) is 3.47. The van der Waals surface area contributed by atoms with E-state index in [1.54, 1.807) is 0 Å². The van der Waals surface area contributed by atoms with Crippen molar-refractivity contribution in [2.45, 2.75) is 12.5 Å². The first-order chi connectivity index (χ1) is 9.15. The van der Waals surface area contributed by atoms with Crippen LogP contribution in [0.4, 0.5) is 5.69 Å². The number of fused-ring (bicyclic) bond motifs is 1. The Balaban J connectivity index is 2.09. The number of rotatable bonds is 2. The highest BCUT2D eigenvalue weighted by molar-refractivity contribution is 6.31. The second-order valence-electron chi connectivity index (χ2n) is 4.64. The van der Waals surface area contributed by atoms with Crippen LogP contribution in [0.1, 0.15) is 22.7 Å². The summed E-state index contributed by atoms with van der Waals surface area (Å²) in [5.74, 6) is -0.0150. The first-order valence-corrected chi connectivity index (χ1v) is 6.45. The molecule has 19 heavy (non-hydrogen) atoms. The van der Waals surface area contributed by atoms with Crippen LogP contribution in [-0.2, 0) is 11.2 Å². The zero-order valence-electron chi connectivity index (χ0n) is 10.2. The van der Waals surface area contributed by atoms with E-state index >= 15 is 0 Å². The molecule has 0 aromatic heterocycles. The van der Waals surface area contributed by atoms with Crippen molar-refractivity contribution in [1.29, 1.82) is 0 Å². The van der Waals surface area contributed by atoms with Crippen LogP contribution in [-0.4, -0.2) is 5.91 Å². The molecule has 1 aliphatic rings. The lowest BCUT2D eigenvalue weighted by Crippen LogP contribution is -2.14. The molecule has 3 rings (SSSR count). The average molecular weight is 273 g/mol. The number of halogens is 1. The van der Waals surface area contributed by atoms with Crippen LogP contribution in [0, 0.1) is 0 Å². The van der Waals surface area contributed by atoms with Gasteiger partial charge in [0.15, 0.2) is 0 Å². The number of anilines is 1. The maximum atomic E-state index is 11.5. The molecule has 3 nitrogen and oxygen atoms in total. The lowest BCUT2D eigenvalue weighted by atomic mass is 9.96. The minimum Gasteiger partial charge on any atom is -0.325 e. The molecule has 2 aromatic rings. The van der Waals surface area contributed by atoms with Crippen LogP contribution in [0.2, 0.25) is 5.02 Å². The van der Waals surface area contributed by atoms with E-state index in [4.69, 9.17) is 17.3 Å². The summed E-state index contributed by atoms with van der Waals surface area (Å²) < 4.78 is 0. The number of carbonyl (C=O) groups is 1. The number of nitrogens with two attached hydrogens (primary N) is 1. The Hall–Kier alpha value is -1.84. The van der Waals surface area contributed by atoms with Crippen LogP contribution >= 0.6 is 11.6 Å². The van der Waals surface area contributed by atoms with Crippen LogP contribution in [0.25, 0.3) is 0 Å². The van der Waals surface area contributed by atoms with E-state index in [0.29, 0.717) is 11.4 Å². The number of hydrogen-bond acceptors (Lipinski definition) is 2. The van der Waals surface area contributed by atoms with Gasteiger partial charge in [-0.3, -0.25) is 4.79 Å². The van der Waals surface area contributed by atoms with Gasteiger partial charge < -0.3 is 11.1 Å². The molecular weight excluding hydrogens is 260 g/mol. The summed E-state index contributed by atoms with van der Waals surface area (Å²) in [6, 6.07) is 13.1. The van der Waals surface area contributed by atoms with Gasteiger partial charge in [-0.15, -0.1) is 0 Å². The van der Waals surface area contributed by atoms with E-state index < -0.39 is 0 Å². The quantitative estimate of drug-likeness (QED) is 0.883. The van der Waals surface area contributed by atoms with Crippen molar-refractivity contribution in [2.75, 3.05) is 5.32 Å². The lowest BCUT2D eigenvalue weighted by Gasteiger charge is -2.17. The number of benzene rings is 2. The van der Waals surface area contributed by atoms with E-state index in [9.17, 15) is 4.79 Å². The summed E-state index contributed by atoms with van der Waals surface area (Å²) in [6.45, 7) is 0. The first-order valence-electron chi connectivity index (χ1n) is 6.08. The van der Waals surface area contributed by atoms with Crippen LogP contribution in [0.5, 0.6) is 0 Å². The molecule has 2 aromatic carbocycles. The molecular formula is C15H13ClN2O. The highest BCUT2D eigenvalue weighted by Crippen LogP contribution is 2.35. The molecule has 96 valence electrons. The van der Waals surface area contributed by atoms with Crippen molar-refractivity contribution in [3.63, 3.8) is 0 Å². The molecule has 1 amide bonds. The van der Waals surface area contributed by atoms with Crippen molar-refractivity contribution >= 4 is 23.2 Å². The fourth-order valence-corrected chi connectivity index (χ4v) is 2.67. The van der Waals surface area contributed by atoms with Gasteiger partial charge in [-0.1, -0.05) is 41.9 Å². The number of nitrogens with one attached hydrogen (secondary N) is 1. The van der Waals surface area contributed by atoms with Crippen molar-refractivity contribution in [2.24, 2.45) is 5.73 Å². The zero-order valence-corrected chi connectivity index (χ0v) is 10.9. The maximum absolute atomic E-state index is 11.5. The molecule has 1 unspecified atom stereocenters. The van der Waals surface area contributed by atoms with Gasteiger partial charge in [0, 0.05) is 10.7 Å². The Morgan fingerprint density at radius 3 is 2.68 bits per heavy atom. The van der Waals surface area contributed by atoms with Gasteiger partial charge in [0.2, 0.25) is 5.91 Å². The second-order valence-corrected chi connectivity index (χ2v) is 5.08. The molecule has 1 aliphatic heterocycles. The molecule has 1 atom stereocenters. The van der Waals surface area contributed by atoms with E-state index in [1.807, 2.05) is 42.5 Å². The summed E-state index contributed by atoms with van der Waals surface area (Å²) >= 11 is 6.11. The van der Waals surface area contributed by atoms with Gasteiger partial charge >= 0.3 is 0 Å². The monoisotopic (exact) mass is 272 g/mol. The predicted octanol–water partition coefficient (Wildman–Crippen LogP) is 2.88. The van der Waals surface area contributed by atoms with Crippen LogP contribution < -0.4 is 11.1 Å². The summed E-state index contributed by atoms with van der Waals surface area (Å²) in [6.07, 6.45) is 0.365. The molecule has 0 spiro atoms. The largest absolute Gasteiger partial charge is 0.325 e. The molecule has 3 N–H and O–H groups in total. The zero-order chi connectivity index (χ0) is 13.4. The Kier molecular flexibility index (Phi) is 3.01. The van der Waals surface area contributed by atoms with Gasteiger partial charge in [0.05, 0.1) is 12.5 Å². The van der Waals surface area contributed by atoms with E-state index in [0.717, 1.165) is 22.4 Å². The average Bonchev–Trinajstić information content (AvgIpc) is 2.78. The summed E-state index contributed by atoms with van der Waals surface area (Å²) in [5.41, 5.74) is 9.87. The predicted molar refractivity (Wildman–Crippen MR) is 76.3 cm³/mol. The third-order valence-electron chi connectivity index (χ3n) is 3.32. The van der Waals surface area contributed by atoms with Gasteiger partial charge in [0.25, 0.3) is 0 Å². The highest BCUT2D eigenvalue weighted by atomic mass is 35.5. The molecule has 0 fully saturated rings. The lowest BCUT2D eigenvalue weighted by molar-refractivity contribution is -0.115. The molecule has 0 radical (unpaired) electrons. The van der Waals surface area contributed by atoms with Crippen molar-refractivity contribution < 1.29 is 4.79 Å². The molecule has 0 saturated carbocycles.